The number of imidazole rings is 1. The highest BCUT2D eigenvalue weighted by molar-refractivity contribution is 5.96. The molecule has 1 unspecified atom stereocenters. The normalized spacial score (nSPS) is 18.2. The monoisotopic (exact) mass is 327 g/mol. The molecule has 0 aliphatic carbocycles. The summed E-state index contributed by atoms with van der Waals surface area (Å²) in [4.78, 5) is 19.3. The van der Waals surface area contributed by atoms with Crippen LogP contribution < -0.4 is 0 Å². The molecule has 2 aromatic rings. The second kappa shape index (κ2) is 6.67. The van der Waals surface area contributed by atoms with E-state index in [1.54, 1.807) is 25.1 Å². The highest BCUT2D eigenvalue weighted by Crippen LogP contribution is 2.29. The van der Waals surface area contributed by atoms with Gasteiger partial charge in [-0.25, -0.2) is 4.98 Å². The molecule has 1 atom stereocenters. The molecule has 1 aromatic heterocycles. The van der Waals surface area contributed by atoms with Crippen LogP contribution in [0.25, 0.3) is 0 Å². The standard InChI is InChI=1S/C19H25N3O2/c1-13(2)22-11-9-20-18(22)15-6-5-10-21(12-15)19(24)16-7-4-8-17(23)14(16)3/h4,7-9,11,13,15,23H,5-6,10,12H2,1-3H3. The zero-order valence-electron chi connectivity index (χ0n) is 14.6. The van der Waals surface area contributed by atoms with Gasteiger partial charge < -0.3 is 14.6 Å². The smallest absolute Gasteiger partial charge is 0.254 e. The molecule has 1 aromatic carbocycles. The van der Waals surface area contributed by atoms with Crippen molar-refractivity contribution in [2.24, 2.45) is 0 Å². The Morgan fingerprint density at radius 1 is 1.38 bits per heavy atom. The van der Waals surface area contributed by atoms with E-state index < -0.39 is 0 Å². The van der Waals surface area contributed by atoms with Gasteiger partial charge in [-0.15, -0.1) is 0 Å². The van der Waals surface area contributed by atoms with Crippen molar-refractivity contribution in [3.8, 4) is 5.75 Å². The fraction of sp³-hybridized carbons (Fsp3) is 0.474. The molecule has 1 aliphatic rings. The molecular weight excluding hydrogens is 302 g/mol. The summed E-state index contributed by atoms with van der Waals surface area (Å²) >= 11 is 0. The zero-order chi connectivity index (χ0) is 17.3. The van der Waals surface area contributed by atoms with Crippen molar-refractivity contribution in [3.63, 3.8) is 0 Å². The lowest BCUT2D eigenvalue weighted by Crippen LogP contribution is -2.40. The lowest BCUT2D eigenvalue weighted by molar-refractivity contribution is 0.0702. The van der Waals surface area contributed by atoms with Crippen molar-refractivity contribution in [2.45, 2.75) is 45.6 Å². The Labute approximate surface area is 142 Å². The molecule has 1 saturated heterocycles. The highest BCUT2D eigenvalue weighted by atomic mass is 16.3. The number of hydrogen-bond acceptors (Lipinski definition) is 3. The van der Waals surface area contributed by atoms with Crippen LogP contribution in [0.4, 0.5) is 0 Å². The summed E-state index contributed by atoms with van der Waals surface area (Å²) in [7, 11) is 0. The number of nitrogens with zero attached hydrogens (tertiary/aromatic N) is 3. The Bertz CT molecular complexity index is 736. The summed E-state index contributed by atoms with van der Waals surface area (Å²) in [6.45, 7) is 7.51. The number of aromatic hydroxyl groups is 1. The molecule has 1 N–H and O–H groups in total. The van der Waals surface area contributed by atoms with E-state index in [1.165, 1.54) is 0 Å². The Morgan fingerprint density at radius 2 is 2.17 bits per heavy atom. The first kappa shape index (κ1) is 16.6. The van der Waals surface area contributed by atoms with Crippen LogP contribution in [0.1, 0.15) is 60.4 Å². The van der Waals surface area contributed by atoms with Crippen molar-refractivity contribution in [2.75, 3.05) is 13.1 Å². The SMILES string of the molecule is Cc1c(O)cccc1C(=O)N1CCCC(c2nccn2C(C)C)C1. The van der Waals surface area contributed by atoms with E-state index in [2.05, 4.69) is 23.4 Å². The fourth-order valence-electron chi connectivity index (χ4n) is 3.48. The maximum absolute atomic E-state index is 12.9. The van der Waals surface area contributed by atoms with E-state index in [9.17, 15) is 9.90 Å². The molecule has 2 heterocycles. The number of rotatable bonds is 3. The lowest BCUT2D eigenvalue weighted by atomic mass is 9.95. The van der Waals surface area contributed by atoms with Crippen molar-refractivity contribution in [1.82, 2.24) is 14.5 Å². The molecule has 1 amide bonds. The van der Waals surface area contributed by atoms with E-state index in [1.807, 2.05) is 17.3 Å². The quantitative estimate of drug-likeness (QED) is 0.938. The van der Waals surface area contributed by atoms with Gasteiger partial charge >= 0.3 is 0 Å². The van der Waals surface area contributed by atoms with Crippen LogP contribution >= 0.6 is 0 Å². The molecular formula is C19H25N3O2. The predicted molar refractivity (Wildman–Crippen MR) is 93.3 cm³/mol. The van der Waals surface area contributed by atoms with Gasteiger partial charge in [0.15, 0.2) is 0 Å². The van der Waals surface area contributed by atoms with Gasteiger partial charge in [0.05, 0.1) is 0 Å². The van der Waals surface area contributed by atoms with Gasteiger partial charge in [0.2, 0.25) is 0 Å². The second-order valence-electron chi connectivity index (χ2n) is 6.83. The average molecular weight is 327 g/mol. The number of aromatic nitrogens is 2. The van der Waals surface area contributed by atoms with Gasteiger partial charge in [-0.2, -0.15) is 0 Å². The summed E-state index contributed by atoms with van der Waals surface area (Å²) in [5, 5.41) is 9.86. The largest absolute Gasteiger partial charge is 0.508 e. The van der Waals surface area contributed by atoms with Crippen LogP contribution in [-0.2, 0) is 0 Å². The minimum Gasteiger partial charge on any atom is -0.508 e. The number of amides is 1. The first-order chi connectivity index (χ1) is 11.5. The molecule has 128 valence electrons. The number of likely N-dealkylation sites (tertiary alicyclic amines) is 1. The van der Waals surface area contributed by atoms with Gasteiger partial charge in [-0.1, -0.05) is 6.07 Å². The van der Waals surface area contributed by atoms with Crippen molar-refractivity contribution >= 4 is 5.91 Å². The summed E-state index contributed by atoms with van der Waals surface area (Å²) in [6.07, 6.45) is 5.88. The lowest BCUT2D eigenvalue weighted by Gasteiger charge is -2.33. The molecule has 24 heavy (non-hydrogen) atoms. The number of carbonyl (C=O) groups is 1. The molecule has 5 nitrogen and oxygen atoms in total. The van der Waals surface area contributed by atoms with Crippen LogP contribution in [-0.4, -0.2) is 38.6 Å². The van der Waals surface area contributed by atoms with Gasteiger partial charge in [0.1, 0.15) is 11.6 Å². The summed E-state index contributed by atoms with van der Waals surface area (Å²) in [6, 6.07) is 5.49. The van der Waals surface area contributed by atoms with Crippen LogP contribution in [0, 0.1) is 6.92 Å². The number of carbonyl (C=O) groups excluding carboxylic acids is 1. The maximum Gasteiger partial charge on any atom is 0.254 e. The topological polar surface area (TPSA) is 58.4 Å². The van der Waals surface area contributed by atoms with E-state index in [0.717, 1.165) is 25.2 Å². The number of hydrogen-bond donors (Lipinski definition) is 1. The molecule has 1 fully saturated rings. The van der Waals surface area contributed by atoms with E-state index in [4.69, 9.17) is 0 Å². The summed E-state index contributed by atoms with van der Waals surface area (Å²) in [5.41, 5.74) is 1.23. The third-order valence-electron chi connectivity index (χ3n) is 4.86. The number of phenolic OH excluding ortho intramolecular Hbond substituents is 1. The van der Waals surface area contributed by atoms with Gasteiger partial charge in [-0.3, -0.25) is 4.79 Å². The Hall–Kier alpha value is -2.30. The van der Waals surface area contributed by atoms with Crippen LogP contribution in [0.15, 0.2) is 30.6 Å². The number of benzene rings is 1. The number of phenols is 1. The zero-order valence-corrected chi connectivity index (χ0v) is 14.6. The second-order valence-corrected chi connectivity index (χ2v) is 6.83. The summed E-state index contributed by atoms with van der Waals surface area (Å²) in [5.74, 6) is 1.49. The van der Waals surface area contributed by atoms with Crippen LogP contribution in [0.5, 0.6) is 5.75 Å². The van der Waals surface area contributed by atoms with Crippen LogP contribution in [0.2, 0.25) is 0 Å². The third kappa shape index (κ3) is 3.03. The third-order valence-corrected chi connectivity index (χ3v) is 4.86. The molecule has 0 radical (unpaired) electrons. The molecule has 1 aliphatic heterocycles. The summed E-state index contributed by atoms with van der Waals surface area (Å²) < 4.78 is 2.19. The van der Waals surface area contributed by atoms with E-state index in [-0.39, 0.29) is 17.6 Å². The van der Waals surface area contributed by atoms with Crippen molar-refractivity contribution in [1.29, 1.82) is 0 Å². The minimum atomic E-state index is -0.00393. The predicted octanol–water partition coefficient (Wildman–Crippen LogP) is 3.50. The van der Waals surface area contributed by atoms with Crippen molar-refractivity contribution in [3.05, 3.63) is 47.5 Å². The average Bonchev–Trinajstić information content (AvgIpc) is 3.07. The van der Waals surface area contributed by atoms with E-state index >= 15 is 0 Å². The Kier molecular flexibility index (Phi) is 4.60. The molecule has 3 rings (SSSR count). The van der Waals surface area contributed by atoms with Gasteiger partial charge in [-0.05, 0) is 45.7 Å². The molecule has 0 spiro atoms. The molecule has 0 saturated carbocycles. The van der Waals surface area contributed by atoms with Crippen molar-refractivity contribution < 1.29 is 9.90 Å². The fourth-order valence-corrected chi connectivity index (χ4v) is 3.48. The molecule has 5 heteroatoms. The van der Waals surface area contributed by atoms with Crippen LogP contribution in [0.3, 0.4) is 0 Å². The maximum atomic E-state index is 12.9. The first-order valence-electron chi connectivity index (χ1n) is 8.59. The van der Waals surface area contributed by atoms with Gasteiger partial charge in [0, 0.05) is 48.6 Å². The van der Waals surface area contributed by atoms with Gasteiger partial charge in [0.25, 0.3) is 5.91 Å². The van der Waals surface area contributed by atoms with E-state index in [0.29, 0.717) is 23.7 Å². The molecule has 0 bridgehead atoms. The highest BCUT2D eigenvalue weighted by Gasteiger charge is 2.29. The Morgan fingerprint density at radius 3 is 2.92 bits per heavy atom. The number of piperidine rings is 1. The first-order valence-corrected chi connectivity index (χ1v) is 8.59. The Balaban J connectivity index is 1.82. The minimum absolute atomic E-state index is 0.00393.